The minimum atomic E-state index is 0.506. The van der Waals surface area contributed by atoms with E-state index in [-0.39, 0.29) is 0 Å². The van der Waals surface area contributed by atoms with Crippen molar-refractivity contribution in [2.24, 2.45) is 0 Å². The first-order chi connectivity index (χ1) is 8.77. The van der Waals surface area contributed by atoms with Crippen LogP contribution in [0.2, 0.25) is 0 Å². The van der Waals surface area contributed by atoms with Gasteiger partial charge in [0.15, 0.2) is 0 Å². The zero-order valence-corrected chi connectivity index (χ0v) is 11.7. The topological polar surface area (TPSA) is 16.1 Å². The van der Waals surface area contributed by atoms with E-state index in [0.717, 1.165) is 17.9 Å². The Morgan fingerprint density at radius 3 is 2.61 bits per heavy atom. The van der Waals surface area contributed by atoms with Crippen LogP contribution in [0.15, 0.2) is 30.5 Å². The molecule has 0 atom stereocenters. The summed E-state index contributed by atoms with van der Waals surface area (Å²) in [6.07, 6.45) is 4.28. The van der Waals surface area contributed by atoms with E-state index in [4.69, 9.17) is 11.6 Å². The van der Waals surface area contributed by atoms with E-state index in [2.05, 4.69) is 42.1 Å². The molecule has 96 valence electrons. The van der Waals surface area contributed by atoms with Crippen molar-refractivity contribution in [1.29, 1.82) is 0 Å². The molecular weight excluding hydrogens is 244 g/mol. The highest BCUT2D eigenvalue weighted by molar-refractivity contribution is 6.18. The Balaban J connectivity index is 2.45. The van der Waals surface area contributed by atoms with Crippen LogP contribution in [-0.4, -0.2) is 18.6 Å². The fourth-order valence-corrected chi connectivity index (χ4v) is 2.36. The van der Waals surface area contributed by atoms with Crippen molar-refractivity contribution in [2.75, 3.05) is 18.5 Å². The largest absolute Gasteiger partial charge is 0.359 e. The van der Waals surface area contributed by atoms with Gasteiger partial charge in [-0.25, -0.2) is 4.98 Å². The average Bonchev–Trinajstić information content (AvgIpc) is 2.43. The van der Waals surface area contributed by atoms with Gasteiger partial charge in [0, 0.05) is 31.1 Å². The monoisotopic (exact) mass is 262 g/mol. The van der Waals surface area contributed by atoms with Gasteiger partial charge >= 0.3 is 0 Å². The minimum Gasteiger partial charge on any atom is -0.359 e. The quantitative estimate of drug-likeness (QED) is 0.751. The summed E-state index contributed by atoms with van der Waals surface area (Å²) in [6.45, 7) is 3.24. The molecule has 1 heterocycles. The van der Waals surface area contributed by atoms with Crippen LogP contribution in [0.5, 0.6) is 0 Å². The van der Waals surface area contributed by atoms with E-state index in [0.29, 0.717) is 5.88 Å². The molecule has 3 heteroatoms. The van der Waals surface area contributed by atoms with Crippen LogP contribution in [0.4, 0.5) is 5.82 Å². The van der Waals surface area contributed by atoms with E-state index < -0.39 is 0 Å². The Hall–Kier alpha value is -1.28. The third-order valence-electron chi connectivity index (χ3n) is 3.21. The maximum absolute atomic E-state index is 5.97. The van der Waals surface area contributed by atoms with Gasteiger partial charge in [-0.2, -0.15) is 0 Å². The molecule has 0 unspecified atom stereocenters. The lowest BCUT2D eigenvalue weighted by atomic mass is 10.1. The van der Waals surface area contributed by atoms with Crippen LogP contribution in [-0.2, 0) is 5.88 Å². The molecule has 2 nitrogen and oxygen atoms in total. The van der Waals surface area contributed by atoms with Crippen LogP contribution in [0.3, 0.4) is 0 Å². The van der Waals surface area contributed by atoms with Crippen LogP contribution < -0.4 is 4.90 Å². The Bertz CT molecular complexity index is 525. The van der Waals surface area contributed by atoms with Crippen LogP contribution in [0.1, 0.15) is 25.3 Å². The van der Waals surface area contributed by atoms with Gasteiger partial charge in [0.2, 0.25) is 0 Å². The van der Waals surface area contributed by atoms with E-state index >= 15 is 0 Å². The summed E-state index contributed by atoms with van der Waals surface area (Å²) in [5.74, 6) is 1.56. The van der Waals surface area contributed by atoms with Gasteiger partial charge in [-0.05, 0) is 17.4 Å². The van der Waals surface area contributed by atoms with Gasteiger partial charge in [0.05, 0.1) is 0 Å². The van der Waals surface area contributed by atoms with Crippen LogP contribution >= 0.6 is 11.6 Å². The van der Waals surface area contributed by atoms with Crippen LogP contribution in [0, 0.1) is 0 Å². The number of anilines is 1. The number of pyridine rings is 1. The molecule has 0 fully saturated rings. The summed E-state index contributed by atoms with van der Waals surface area (Å²) in [7, 11) is 2.10. The zero-order valence-electron chi connectivity index (χ0n) is 11.0. The van der Waals surface area contributed by atoms with Gasteiger partial charge in [0.25, 0.3) is 0 Å². The van der Waals surface area contributed by atoms with Gasteiger partial charge < -0.3 is 4.90 Å². The average molecular weight is 263 g/mol. The van der Waals surface area contributed by atoms with Gasteiger partial charge in [-0.1, -0.05) is 37.6 Å². The SMILES string of the molecule is CCCCN(C)c1ncc(CCl)c2ccccc12. The predicted molar refractivity (Wildman–Crippen MR) is 79.5 cm³/mol. The van der Waals surface area contributed by atoms with Crippen molar-refractivity contribution in [1.82, 2.24) is 4.98 Å². The van der Waals surface area contributed by atoms with Gasteiger partial charge in [-0.3, -0.25) is 0 Å². The van der Waals surface area contributed by atoms with Crippen molar-refractivity contribution in [2.45, 2.75) is 25.6 Å². The number of hydrogen-bond donors (Lipinski definition) is 0. The lowest BCUT2D eigenvalue weighted by Gasteiger charge is -2.20. The maximum Gasteiger partial charge on any atom is 0.136 e. The minimum absolute atomic E-state index is 0.506. The number of halogens is 1. The number of unbranched alkanes of at least 4 members (excludes halogenated alkanes) is 1. The Labute approximate surface area is 114 Å². The fourth-order valence-electron chi connectivity index (χ4n) is 2.15. The molecule has 0 aliphatic carbocycles. The van der Waals surface area contributed by atoms with Crippen molar-refractivity contribution in [3.8, 4) is 0 Å². The van der Waals surface area contributed by atoms with E-state index in [1.165, 1.54) is 23.6 Å². The molecule has 0 bridgehead atoms. The highest BCUT2D eigenvalue weighted by Gasteiger charge is 2.09. The van der Waals surface area contributed by atoms with E-state index in [1.807, 2.05) is 12.3 Å². The summed E-state index contributed by atoms with van der Waals surface area (Å²) in [6, 6.07) is 8.34. The molecule has 0 saturated heterocycles. The lowest BCUT2D eigenvalue weighted by molar-refractivity contribution is 0.761. The molecule has 0 aliphatic heterocycles. The zero-order chi connectivity index (χ0) is 13.0. The number of aromatic nitrogens is 1. The van der Waals surface area contributed by atoms with Crippen LogP contribution in [0.25, 0.3) is 10.8 Å². The normalized spacial score (nSPS) is 10.8. The smallest absolute Gasteiger partial charge is 0.136 e. The summed E-state index contributed by atoms with van der Waals surface area (Å²) in [5, 5.41) is 2.40. The molecule has 0 amide bonds. The first kappa shape index (κ1) is 13.2. The molecule has 1 aromatic heterocycles. The van der Waals surface area contributed by atoms with E-state index in [9.17, 15) is 0 Å². The lowest BCUT2D eigenvalue weighted by Crippen LogP contribution is -2.20. The maximum atomic E-state index is 5.97. The number of fused-ring (bicyclic) bond motifs is 1. The second kappa shape index (κ2) is 6.05. The Morgan fingerprint density at radius 2 is 1.94 bits per heavy atom. The number of rotatable bonds is 5. The standard InChI is InChI=1S/C15H19ClN2/c1-3-4-9-18(2)15-14-8-6-5-7-13(14)12(10-16)11-17-15/h5-8,11H,3-4,9-10H2,1-2H3. The summed E-state index contributed by atoms with van der Waals surface area (Å²) < 4.78 is 0. The number of nitrogens with zero attached hydrogens (tertiary/aromatic N) is 2. The summed E-state index contributed by atoms with van der Waals surface area (Å²) >= 11 is 5.97. The molecule has 0 N–H and O–H groups in total. The van der Waals surface area contributed by atoms with Gasteiger partial charge in [-0.15, -0.1) is 11.6 Å². The molecule has 18 heavy (non-hydrogen) atoms. The molecule has 0 spiro atoms. The molecule has 2 aromatic rings. The molecule has 0 radical (unpaired) electrons. The third-order valence-corrected chi connectivity index (χ3v) is 3.50. The molecular formula is C15H19ClN2. The Morgan fingerprint density at radius 1 is 1.22 bits per heavy atom. The van der Waals surface area contributed by atoms with Gasteiger partial charge in [0.1, 0.15) is 5.82 Å². The fraction of sp³-hybridized carbons (Fsp3) is 0.400. The highest BCUT2D eigenvalue weighted by Crippen LogP contribution is 2.27. The molecule has 0 saturated carbocycles. The number of benzene rings is 1. The van der Waals surface area contributed by atoms with E-state index in [1.54, 1.807) is 0 Å². The molecule has 0 aliphatic rings. The Kier molecular flexibility index (Phi) is 4.43. The third kappa shape index (κ3) is 2.59. The summed E-state index contributed by atoms with van der Waals surface area (Å²) in [5.41, 5.74) is 1.10. The first-order valence-corrected chi connectivity index (χ1v) is 6.95. The second-order valence-electron chi connectivity index (χ2n) is 4.56. The second-order valence-corrected chi connectivity index (χ2v) is 4.83. The summed E-state index contributed by atoms with van der Waals surface area (Å²) in [4.78, 5) is 6.80. The predicted octanol–water partition coefficient (Wildman–Crippen LogP) is 4.21. The molecule has 2 rings (SSSR count). The van der Waals surface area contributed by atoms with Crippen molar-refractivity contribution >= 4 is 28.2 Å². The number of hydrogen-bond acceptors (Lipinski definition) is 2. The van der Waals surface area contributed by atoms with Crippen molar-refractivity contribution < 1.29 is 0 Å². The molecule has 1 aromatic carbocycles. The number of alkyl halides is 1. The highest BCUT2D eigenvalue weighted by atomic mass is 35.5. The van der Waals surface area contributed by atoms with Crippen molar-refractivity contribution in [3.63, 3.8) is 0 Å². The van der Waals surface area contributed by atoms with Crippen molar-refractivity contribution in [3.05, 3.63) is 36.0 Å². The first-order valence-electron chi connectivity index (χ1n) is 6.41.